The van der Waals surface area contributed by atoms with Gasteiger partial charge in [-0.15, -0.1) is 0 Å². The van der Waals surface area contributed by atoms with Crippen LogP contribution in [-0.4, -0.2) is 23.1 Å². The molecule has 0 radical (unpaired) electrons. The minimum absolute atomic E-state index is 0.318. The van der Waals surface area contributed by atoms with Gasteiger partial charge in [0, 0.05) is 30.5 Å². The number of methoxy groups -OCH3 is 1. The minimum atomic E-state index is -0.535. The quantitative estimate of drug-likeness (QED) is 0.471. The van der Waals surface area contributed by atoms with Crippen molar-refractivity contribution in [3.63, 3.8) is 0 Å². The summed E-state index contributed by atoms with van der Waals surface area (Å²) in [5.41, 5.74) is 7.79. The van der Waals surface area contributed by atoms with Crippen LogP contribution in [0.15, 0.2) is 49.1 Å². The van der Waals surface area contributed by atoms with Crippen molar-refractivity contribution in [1.29, 1.82) is 0 Å². The summed E-state index contributed by atoms with van der Waals surface area (Å²) in [6.07, 6.45) is 5.93. The number of ether oxygens (including phenoxy) is 1. The standard InChI is InChI=1S/C20H19ClFN7O2/c1-11(31-2)18-14-7-12(22)3-4-16(14)23-10-17(18)28-20(30)27-13-8-15(21)19(24-9-13)29-25-5-6-26-29/h3-11,25-26H,1-2H3,(H2,27,28,30). The molecule has 0 saturated carbocycles. The normalized spacial score (nSPS) is 13.6. The van der Waals surface area contributed by atoms with Crippen LogP contribution in [0.2, 0.25) is 5.02 Å². The Labute approximate surface area is 182 Å². The second kappa shape index (κ2) is 8.62. The summed E-state index contributed by atoms with van der Waals surface area (Å²) in [6.45, 7) is 1.81. The van der Waals surface area contributed by atoms with Crippen LogP contribution in [0.1, 0.15) is 18.6 Å². The molecule has 0 saturated heterocycles. The Morgan fingerprint density at radius 1 is 1.19 bits per heavy atom. The molecule has 4 N–H and O–H groups in total. The summed E-state index contributed by atoms with van der Waals surface area (Å²) in [6, 6.07) is 5.31. The summed E-state index contributed by atoms with van der Waals surface area (Å²) >= 11 is 6.27. The fourth-order valence-corrected chi connectivity index (χ4v) is 3.42. The maximum absolute atomic E-state index is 13.8. The molecule has 1 unspecified atom stereocenters. The Morgan fingerprint density at radius 2 is 1.97 bits per heavy atom. The van der Waals surface area contributed by atoms with Crippen molar-refractivity contribution in [2.24, 2.45) is 0 Å². The molecule has 2 amide bonds. The third-order valence-electron chi connectivity index (χ3n) is 4.66. The molecule has 11 heteroatoms. The molecule has 1 atom stereocenters. The summed E-state index contributed by atoms with van der Waals surface area (Å²) in [7, 11) is 1.54. The van der Waals surface area contributed by atoms with Crippen molar-refractivity contribution in [3.05, 3.63) is 65.5 Å². The van der Waals surface area contributed by atoms with Crippen LogP contribution >= 0.6 is 11.6 Å². The van der Waals surface area contributed by atoms with E-state index in [-0.39, 0.29) is 0 Å². The van der Waals surface area contributed by atoms with Crippen LogP contribution in [0.4, 0.5) is 26.4 Å². The highest BCUT2D eigenvalue weighted by atomic mass is 35.5. The second-order valence-electron chi connectivity index (χ2n) is 6.66. The Kier molecular flexibility index (Phi) is 5.74. The van der Waals surface area contributed by atoms with E-state index in [1.807, 2.05) is 0 Å². The molecule has 1 aliphatic rings. The second-order valence-corrected chi connectivity index (χ2v) is 7.07. The van der Waals surface area contributed by atoms with E-state index in [1.165, 1.54) is 36.8 Å². The average Bonchev–Trinajstić information content (AvgIpc) is 3.27. The molecule has 3 heterocycles. The number of pyridine rings is 2. The zero-order valence-electron chi connectivity index (χ0n) is 16.6. The number of fused-ring (bicyclic) bond motifs is 1. The SMILES string of the molecule is COC(C)c1c(NC(=O)Nc2cnc(N3NC=CN3)c(Cl)c2)cnc2ccc(F)cc12. The lowest BCUT2D eigenvalue weighted by Crippen LogP contribution is -2.38. The number of carbonyl (C=O) groups is 1. The molecular formula is C20H19ClFN7O2. The zero-order valence-corrected chi connectivity index (χ0v) is 17.4. The van der Waals surface area contributed by atoms with E-state index in [0.29, 0.717) is 38.7 Å². The van der Waals surface area contributed by atoms with Crippen molar-refractivity contribution in [2.75, 3.05) is 22.9 Å². The highest BCUT2D eigenvalue weighted by Gasteiger charge is 2.18. The number of nitrogens with one attached hydrogen (secondary N) is 4. The molecule has 160 valence electrons. The van der Waals surface area contributed by atoms with Gasteiger partial charge in [-0.3, -0.25) is 15.8 Å². The Balaban J connectivity index is 1.56. The lowest BCUT2D eigenvalue weighted by molar-refractivity contribution is 0.121. The van der Waals surface area contributed by atoms with Crippen molar-refractivity contribution < 1.29 is 13.9 Å². The molecule has 0 aliphatic carbocycles. The first-order valence-corrected chi connectivity index (χ1v) is 9.66. The zero-order chi connectivity index (χ0) is 22.0. The summed E-state index contributed by atoms with van der Waals surface area (Å²) in [5.74, 6) is 0.0352. The molecule has 1 aromatic carbocycles. The van der Waals surface area contributed by atoms with Crippen LogP contribution in [0.25, 0.3) is 10.9 Å². The number of hydrazine groups is 2. The van der Waals surface area contributed by atoms with Gasteiger partial charge in [-0.1, -0.05) is 11.6 Å². The van der Waals surface area contributed by atoms with Gasteiger partial charge in [0.2, 0.25) is 0 Å². The maximum atomic E-state index is 13.8. The van der Waals surface area contributed by atoms with Gasteiger partial charge in [-0.05, 0) is 31.2 Å². The van der Waals surface area contributed by atoms with Crippen LogP contribution in [0, 0.1) is 5.82 Å². The maximum Gasteiger partial charge on any atom is 0.323 e. The third kappa shape index (κ3) is 4.30. The third-order valence-corrected chi connectivity index (χ3v) is 4.94. The van der Waals surface area contributed by atoms with Crippen molar-refractivity contribution in [2.45, 2.75) is 13.0 Å². The minimum Gasteiger partial charge on any atom is -0.377 e. The van der Waals surface area contributed by atoms with Crippen molar-refractivity contribution >= 4 is 45.7 Å². The lowest BCUT2D eigenvalue weighted by atomic mass is 10.0. The highest BCUT2D eigenvalue weighted by molar-refractivity contribution is 6.33. The molecular weight excluding hydrogens is 425 g/mol. The molecule has 0 fully saturated rings. The van der Waals surface area contributed by atoms with Crippen LogP contribution < -0.4 is 26.6 Å². The summed E-state index contributed by atoms with van der Waals surface area (Å²) in [4.78, 5) is 21.2. The number of urea groups is 1. The largest absolute Gasteiger partial charge is 0.377 e. The molecule has 0 spiro atoms. The van der Waals surface area contributed by atoms with Gasteiger partial charge in [0.15, 0.2) is 5.82 Å². The molecule has 9 nitrogen and oxygen atoms in total. The van der Waals surface area contributed by atoms with E-state index in [4.69, 9.17) is 16.3 Å². The summed E-state index contributed by atoms with van der Waals surface area (Å²) in [5, 5.41) is 7.81. The van der Waals surface area contributed by atoms with E-state index >= 15 is 0 Å². The molecule has 31 heavy (non-hydrogen) atoms. The Bertz CT molecular complexity index is 1170. The number of hydrogen-bond acceptors (Lipinski definition) is 7. The van der Waals surface area contributed by atoms with Gasteiger partial charge in [-0.2, -0.15) is 5.12 Å². The number of nitrogens with zero attached hydrogens (tertiary/aromatic N) is 3. The number of hydrogen-bond donors (Lipinski definition) is 4. The fourth-order valence-electron chi connectivity index (χ4n) is 3.17. The first-order chi connectivity index (χ1) is 15.0. The summed E-state index contributed by atoms with van der Waals surface area (Å²) < 4.78 is 19.3. The molecule has 2 aromatic heterocycles. The predicted octanol–water partition coefficient (Wildman–Crippen LogP) is 4.07. The average molecular weight is 444 g/mol. The smallest absolute Gasteiger partial charge is 0.323 e. The van der Waals surface area contributed by atoms with Crippen LogP contribution in [-0.2, 0) is 4.74 Å². The Hall–Kier alpha value is -3.63. The van der Waals surface area contributed by atoms with E-state index in [1.54, 1.807) is 31.5 Å². The first kappa shape index (κ1) is 20.6. The fraction of sp³-hybridized carbons (Fsp3) is 0.150. The number of aromatic nitrogens is 2. The topological polar surface area (TPSA) is 103 Å². The van der Waals surface area contributed by atoms with E-state index in [0.717, 1.165) is 0 Å². The number of carbonyl (C=O) groups excluding carboxylic acids is 1. The molecule has 1 aliphatic heterocycles. The predicted molar refractivity (Wildman–Crippen MR) is 117 cm³/mol. The van der Waals surface area contributed by atoms with Crippen molar-refractivity contribution in [3.8, 4) is 0 Å². The molecule has 4 rings (SSSR count). The van der Waals surface area contributed by atoms with Crippen LogP contribution in [0.5, 0.6) is 0 Å². The number of rotatable bonds is 5. The number of amides is 2. The van der Waals surface area contributed by atoms with Gasteiger partial charge >= 0.3 is 6.03 Å². The van der Waals surface area contributed by atoms with Crippen LogP contribution in [0.3, 0.4) is 0 Å². The van der Waals surface area contributed by atoms with Crippen molar-refractivity contribution in [1.82, 2.24) is 20.8 Å². The number of anilines is 3. The van der Waals surface area contributed by atoms with E-state index < -0.39 is 18.0 Å². The Morgan fingerprint density at radius 3 is 2.68 bits per heavy atom. The van der Waals surface area contributed by atoms with E-state index in [2.05, 4.69) is 31.5 Å². The van der Waals surface area contributed by atoms with Gasteiger partial charge in [0.25, 0.3) is 0 Å². The first-order valence-electron chi connectivity index (χ1n) is 9.28. The van der Waals surface area contributed by atoms with Gasteiger partial charge in [0.05, 0.1) is 40.4 Å². The van der Waals surface area contributed by atoms with Gasteiger partial charge in [-0.25, -0.2) is 14.2 Å². The number of halogens is 2. The van der Waals surface area contributed by atoms with Gasteiger partial charge in [0.1, 0.15) is 5.82 Å². The molecule has 0 bridgehead atoms. The number of benzene rings is 1. The monoisotopic (exact) mass is 443 g/mol. The molecule has 3 aromatic rings. The highest BCUT2D eigenvalue weighted by Crippen LogP contribution is 2.32. The van der Waals surface area contributed by atoms with E-state index in [9.17, 15) is 9.18 Å². The van der Waals surface area contributed by atoms with Gasteiger partial charge < -0.3 is 15.4 Å². The lowest BCUT2D eigenvalue weighted by Gasteiger charge is -2.19.